The lowest BCUT2D eigenvalue weighted by Crippen LogP contribution is -2.30. The molecule has 1 unspecified atom stereocenters. The first kappa shape index (κ1) is 18.2. The molecule has 5 nitrogen and oxygen atoms in total. The molecule has 136 valence electrons. The second-order valence-electron chi connectivity index (χ2n) is 6.79. The van der Waals surface area contributed by atoms with Gasteiger partial charge in [0.1, 0.15) is 5.75 Å². The fourth-order valence-electron chi connectivity index (χ4n) is 3.19. The summed E-state index contributed by atoms with van der Waals surface area (Å²) in [5, 5.41) is 22.2. The highest BCUT2D eigenvalue weighted by atomic mass is 32.1. The summed E-state index contributed by atoms with van der Waals surface area (Å²) in [6, 6.07) is 9.57. The first-order chi connectivity index (χ1) is 12.4. The number of nitrogens with zero attached hydrogens (tertiary/aromatic N) is 1. The summed E-state index contributed by atoms with van der Waals surface area (Å²) in [6.07, 6.45) is 0.245. The lowest BCUT2D eigenvalue weighted by Gasteiger charge is -2.26. The van der Waals surface area contributed by atoms with E-state index in [0.717, 1.165) is 4.88 Å². The zero-order chi connectivity index (χ0) is 18.8. The lowest BCUT2D eigenvalue weighted by atomic mass is 9.92. The number of aliphatic hydroxyl groups is 1. The van der Waals surface area contributed by atoms with E-state index in [9.17, 15) is 19.8 Å². The molecule has 0 spiro atoms. The fourth-order valence-corrected chi connectivity index (χ4v) is 3.90. The number of thiophene rings is 1. The smallest absolute Gasteiger partial charge is 0.290 e. The highest BCUT2D eigenvalue weighted by Gasteiger charge is 2.43. The summed E-state index contributed by atoms with van der Waals surface area (Å²) in [7, 11) is 0. The SMILES string of the molecule is CC(C)CC(=O)C1=C(O)C(=O)N(Cc2cccs2)C1c1cccc(O)c1. The third-order valence-electron chi connectivity index (χ3n) is 4.29. The van der Waals surface area contributed by atoms with Gasteiger partial charge in [-0.05, 0) is 35.1 Å². The van der Waals surface area contributed by atoms with Gasteiger partial charge in [0.15, 0.2) is 11.5 Å². The molecule has 1 atom stereocenters. The predicted molar refractivity (Wildman–Crippen MR) is 99.8 cm³/mol. The average Bonchev–Trinajstić information content (AvgIpc) is 3.16. The molecule has 0 fully saturated rings. The highest BCUT2D eigenvalue weighted by Crippen LogP contribution is 2.40. The van der Waals surface area contributed by atoms with Crippen molar-refractivity contribution in [1.29, 1.82) is 0 Å². The van der Waals surface area contributed by atoms with Crippen molar-refractivity contribution in [2.75, 3.05) is 0 Å². The van der Waals surface area contributed by atoms with E-state index in [1.807, 2.05) is 31.4 Å². The summed E-state index contributed by atoms with van der Waals surface area (Å²) in [5.41, 5.74) is 0.719. The van der Waals surface area contributed by atoms with Crippen LogP contribution < -0.4 is 0 Å². The van der Waals surface area contributed by atoms with Crippen LogP contribution in [-0.2, 0) is 16.1 Å². The van der Waals surface area contributed by atoms with E-state index < -0.39 is 17.7 Å². The zero-order valence-electron chi connectivity index (χ0n) is 14.7. The third-order valence-corrected chi connectivity index (χ3v) is 5.15. The van der Waals surface area contributed by atoms with Gasteiger partial charge >= 0.3 is 0 Å². The Hall–Kier alpha value is -2.60. The van der Waals surface area contributed by atoms with E-state index in [4.69, 9.17) is 0 Å². The number of ketones is 1. The molecular formula is C20H21NO4S. The number of carbonyl (C=O) groups is 2. The molecular weight excluding hydrogens is 350 g/mol. The topological polar surface area (TPSA) is 77.8 Å². The minimum Gasteiger partial charge on any atom is -0.508 e. The number of Topliss-reactive ketones (excluding diaryl/α,β-unsaturated/α-hetero) is 1. The Morgan fingerprint density at radius 3 is 2.62 bits per heavy atom. The molecule has 6 heteroatoms. The van der Waals surface area contributed by atoms with Crippen molar-refractivity contribution in [2.24, 2.45) is 5.92 Å². The van der Waals surface area contributed by atoms with Crippen LogP contribution in [-0.4, -0.2) is 26.8 Å². The maximum Gasteiger partial charge on any atom is 0.290 e. The Morgan fingerprint density at radius 2 is 2.00 bits per heavy atom. The van der Waals surface area contributed by atoms with E-state index in [1.165, 1.54) is 28.4 Å². The van der Waals surface area contributed by atoms with Gasteiger partial charge < -0.3 is 15.1 Å². The summed E-state index contributed by atoms with van der Waals surface area (Å²) in [6.45, 7) is 4.12. The molecule has 2 N–H and O–H groups in total. The van der Waals surface area contributed by atoms with Gasteiger partial charge in [0.05, 0.1) is 18.2 Å². The van der Waals surface area contributed by atoms with Crippen molar-refractivity contribution in [3.63, 3.8) is 0 Å². The maximum atomic E-state index is 12.8. The molecule has 0 saturated heterocycles. The average molecular weight is 371 g/mol. The van der Waals surface area contributed by atoms with E-state index in [2.05, 4.69) is 0 Å². The minimum atomic E-state index is -0.706. The Labute approximate surface area is 156 Å². The first-order valence-corrected chi connectivity index (χ1v) is 9.35. The lowest BCUT2D eigenvalue weighted by molar-refractivity contribution is -0.130. The number of phenolic OH excluding ortho intramolecular Hbond substituents is 1. The molecule has 1 aromatic carbocycles. The molecule has 3 rings (SSSR count). The number of carbonyl (C=O) groups excluding carboxylic acids is 2. The van der Waals surface area contributed by atoms with Crippen LogP contribution in [0.15, 0.2) is 53.1 Å². The minimum absolute atomic E-state index is 0.0491. The number of hydrogen-bond donors (Lipinski definition) is 2. The second-order valence-corrected chi connectivity index (χ2v) is 7.83. The molecule has 1 aliphatic heterocycles. The molecule has 0 saturated carbocycles. The van der Waals surface area contributed by atoms with E-state index >= 15 is 0 Å². The van der Waals surface area contributed by atoms with E-state index in [0.29, 0.717) is 12.1 Å². The van der Waals surface area contributed by atoms with Crippen LogP contribution in [0.3, 0.4) is 0 Å². The van der Waals surface area contributed by atoms with Crippen LogP contribution >= 0.6 is 11.3 Å². The Balaban J connectivity index is 2.05. The summed E-state index contributed by atoms with van der Waals surface area (Å²) < 4.78 is 0. The number of aromatic hydroxyl groups is 1. The fraction of sp³-hybridized carbons (Fsp3) is 0.300. The maximum absolute atomic E-state index is 12.8. The van der Waals surface area contributed by atoms with Crippen LogP contribution in [0.1, 0.15) is 36.8 Å². The zero-order valence-corrected chi connectivity index (χ0v) is 15.5. The molecule has 1 aliphatic rings. The third kappa shape index (κ3) is 3.51. The van der Waals surface area contributed by atoms with Gasteiger partial charge in [-0.2, -0.15) is 0 Å². The van der Waals surface area contributed by atoms with Crippen LogP contribution in [0.25, 0.3) is 0 Å². The molecule has 2 aromatic rings. The van der Waals surface area contributed by atoms with Crippen LogP contribution in [0.5, 0.6) is 5.75 Å². The number of phenols is 1. The van der Waals surface area contributed by atoms with Crippen molar-refractivity contribution in [3.8, 4) is 5.75 Å². The summed E-state index contributed by atoms with van der Waals surface area (Å²) in [4.78, 5) is 27.9. The van der Waals surface area contributed by atoms with E-state index in [1.54, 1.807) is 12.1 Å². The van der Waals surface area contributed by atoms with Gasteiger partial charge in [-0.1, -0.05) is 32.0 Å². The van der Waals surface area contributed by atoms with Crippen LogP contribution in [0.4, 0.5) is 0 Å². The van der Waals surface area contributed by atoms with Gasteiger partial charge in [0.2, 0.25) is 0 Å². The molecule has 1 amide bonds. The van der Waals surface area contributed by atoms with E-state index in [-0.39, 0.29) is 29.4 Å². The number of aliphatic hydroxyl groups excluding tert-OH is 1. The molecule has 0 aliphatic carbocycles. The monoisotopic (exact) mass is 371 g/mol. The van der Waals surface area contributed by atoms with Gasteiger partial charge in [-0.3, -0.25) is 9.59 Å². The van der Waals surface area contributed by atoms with Crippen LogP contribution in [0, 0.1) is 5.92 Å². The molecule has 0 bridgehead atoms. The molecule has 26 heavy (non-hydrogen) atoms. The quantitative estimate of drug-likeness (QED) is 0.805. The normalized spacial score (nSPS) is 17.4. The molecule has 1 aromatic heterocycles. The van der Waals surface area contributed by atoms with Crippen molar-refractivity contribution in [1.82, 2.24) is 4.90 Å². The Kier molecular flexibility index (Phi) is 5.13. The predicted octanol–water partition coefficient (Wildman–Crippen LogP) is 3.96. The summed E-state index contributed by atoms with van der Waals surface area (Å²) in [5.74, 6) is -1.13. The van der Waals surface area contributed by atoms with Gasteiger partial charge in [0, 0.05) is 11.3 Å². The van der Waals surface area contributed by atoms with Gasteiger partial charge in [0.25, 0.3) is 5.91 Å². The highest BCUT2D eigenvalue weighted by molar-refractivity contribution is 7.09. The van der Waals surface area contributed by atoms with Crippen molar-refractivity contribution in [2.45, 2.75) is 32.9 Å². The van der Waals surface area contributed by atoms with Gasteiger partial charge in [-0.25, -0.2) is 0 Å². The van der Waals surface area contributed by atoms with Crippen molar-refractivity contribution >= 4 is 23.0 Å². The molecule has 0 radical (unpaired) electrons. The number of rotatable bonds is 6. The van der Waals surface area contributed by atoms with Gasteiger partial charge in [-0.15, -0.1) is 11.3 Å². The van der Waals surface area contributed by atoms with Crippen molar-refractivity contribution < 1.29 is 19.8 Å². The van der Waals surface area contributed by atoms with Crippen LogP contribution in [0.2, 0.25) is 0 Å². The number of hydrogen-bond acceptors (Lipinski definition) is 5. The summed E-state index contributed by atoms with van der Waals surface area (Å²) >= 11 is 1.51. The number of benzene rings is 1. The molecule has 2 heterocycles. The largest absolute Gasteiger partial charge is 0.508 e. The second kappa shape index (κ2) is 7.33. The first-order valence-electron chi connectivity index (χ1n) is 8.47. The standard InChI is InChI=1S/C20H21NO4S/c1-12(2)9-16(23)17-18(13-5-3-6-14(22)10-13)21(20(25)19(17)24)11-15-7-4-8-26-15/h3-8,10,12,18,22,24H,9,11H2,1-2H3. The Bertz CT molecular complexity index is 854. The Morgan fingerprint density at radius 1 is 1.23 bits per heavy atom. The number of amides is 1. The van der Waals surface area contributed by atoms with Crippen molar-refractivity contribution in [3.05, 3.63) is 63.6 Å².